The summed E-state index contributed by atoms with van der Waals surface area (Å²) in [5.41, 5.74) is 1.95. The molecule has 13 heavy (non-hydrogen) atoms. The quantitative estimate of drug-likeness (QED) is 0.496. The molecule has 0 rings (SSSR count). The molecule has 0 fully saturated rings. The zero-order valence-corrected chi connectivity index (χ0v) is 9.52. The maximum absolute atomic E-state index is 8.88. The van der Waals surface area contributed by atoms with E-state index >= 15 is 0 Å². The van der Waals surface area contributed by atoms with Gasteiger partial charge in [0.1, 0.15) is 5.76 Å². The molecule has 76 valence electrons. The normalized spacial score (nSPS) is 11.8. The highest BCUT2D eigenvalue weighted by Gasteiger charge is 1.90. The number of hydrogen-bond acceptors (Lipinski definition) is 1. The van der Waals surface area contributed by atoms with Gasteiger partial charge in [-0.05, 0) is 26.3 Å². The van der Waals surface area contributed by atoms with Crippen LogP contribution in [0.2, 0.25) is 0 Å². The van der Waals surface area contributed by atoms with Gasteiger partial charge in [-0.3, -0.25) is 0 Å². The van der Waals surface area contributed by atoms with Crippen LogP contribution in [0.25, 0.3) is 0 Å². The molecule has 0 radical (unpaired) electrons. The number of allylic oxidation sites excluding steroid dienone is 4. The largest absolute Gasteiger partial charge is 0.508 e. The van der Waals surface area contributed by atoms with Crippen LogP contribution in [-0.4, -0.2) is 5.11 Å². The molecule has 0 aromatic heterocycles. The second kappa shape index (κ2) is 9.11. The number of rotatable bonds is 2. The van der Waals surface area contributed by atoms with Crippen molar-refractivity contribution in [2.75, 3.05) is 0 Å². The van der Waals surface area contributed by atoms with Gasteiger partial charge in [0.25, 0.3) is 0 Å². The van der Waals surface area contributed by atoms with Crippen LogP contribution in [0.3, 0.4) is 0 Å². The molecule has 0 aromatic rings. The zero-order chi connectivity index (χ0) is 10.9. The summed E-state index contributed by atoms with van der Waals surface area (Å²) >= 11 is 0. The molecule has 0 heterocycles. The summed E-state index contributed by atoms with van der Waals surface area (Å²) in [7, 11) is 0. The topological polar surface area (TPSA) is 20.2 Å². The van der Waals surface area contributed by atoms with Crippen molar-refractivity contribution < 1.29 is 5.11 Å². The van der Waals surface area contributed by atoms with Crippen LogP contribution in [0.1, 0.15) is 41.0 Å². The van der Waals surface area contributed by atoms with Crippen LogP contribution in [-0.2, 0) is 0 Å². The summed E-state index contributed by atoms with van der Waals surface area (Å²) in [6.45, 7) is 13.4. The number of aliphatic hydroxyl groups excluding tert-OH is 1. The molecule has 0 aromatic carbocycles. The van der Waals surface area contributed by atoms with Crippen molar-refractivity contribution in [2.24, 2.45) is 0 Å². The first-order valence-corrected chi connectivity index (χ1v) is 4.68. The predicted octanol–water partition coefficient (Wildman–Crippen LogP) is 4.39. The van der Waals surface area contributed by atoms with Crippen molar-refractivity contribution in [3.8, 4) is 0 Å². The van der Waals surface area contributed by atoms with Crippen LogP contribution in [0, 0.1) is 0 Å². The molecule has 0 saturated heterocycles. The third kappa shape index (κ3) is 11.0. The van der Waals surface area contributed by atoms with Gasteiger partial charge in [0.15, 0.2) is 0 Å². The lowest BCUT2D eigenvalue weighted by atomic mass is 10.2. The summed E-state index contributed by atoms with van der Waals surface area (Å²) in [5, 5.41) is 8.88. The van der Waals surface area contributed by atoms with Gasteiger partial charge in [0, 0.05) is 0 Å². The lowest BCUT2D eigenvalue weighted by molar-refractivity contribution is 0.426. The van der Waals surface area contributed by atoms with Crippen LogP contribution < -0.4 is 0 Å². The fourth-order valence-corrected chi connectivity index (χ4v) is 0.508. The third-order valence-corrected chi connectivity index (χ3v) is 1.35. The molecule has 0 atom stereocenters. The first-order chi connectivity index (χ1) is 5.99. The first-order valence-electron chi connectivity index (χ1n) is 4.68. The van der Waals surface area contributed by atoms with E-state index in [1.54, 1.807) is 0 Å². The minimum Gasteiger partial charge on any atom is -0.508 e. The van der Waals surface area contributed by atoms with Crippen LogP contribution in [0.4, 0.5) is 0 Å². The molecule has 1 N–H and O–H groups in total. The van der Waals surface area contributed by atoms with Gasteiger partial charge in [-0.1, -0.05) is 44.6 Å². The van der Waals surface area contributed by atoms with Crippen LogP contribution >= 0.6 is 0 Å². The Labute approximate surface area is 82.5 Å². The van der Waals surface area contributed by atoms with Crippen molar-refractivity contribution in [3.63, 3.8) is 0 Å². The Bertz CT molecular complexity index is 197. The molecular weight excluding hydrogens is 160 g/mol. The molecule has 0 spiro atoms. The second-order valence-corrected chi connectivity index (χ2v) is 3.01. The van der Waals surface area contributed by atoms with Crippen molar-refractivity contribution in [1.82, 2.24) is 0 Å². The van der Waals surface area contributed by atoms with Crippen molar-refractivity contribution in [1.29, 1.82) is 0 Å². The van der Waals surface area contributed by atoms with E-state index in [0.717, 1.165) is 11.1 Å². The minimum atomic E-state index is 0.140. The molecule has 0 amide bonds. The van der Waals surface area contributed by atoms with Gasteiger partial charge in [-0.25, -0.2) is 0 Å². The Morgan fingerprint density at radius 2 is 1.69 bits per heavy atom. The second-order valence-electron chi connectivity index (χ2n) is 3.01. The fourth-order valence-electron chi connectivity index (χ4n) is 0.508. The van der Waals surface area contributed by atoms with E-state index in [9.17, 15) is 0 Å². The third-order valence-electron chi connectivity index (χ3n) is 1.35. The van der Waals surface area contributed by atoms with E-state index < -0.39 is 0 Å². The Hall–Kier alpha value is -0.980. The lowest BCUT2D eigenvalue weighted by Crippen LogP contribution is -1.80. The lowest BCUT2D eigenvalue weighted by Gasteiger charge is -1.96. The monoisotopic (exact) mass is 182 g/mol. The summed E-state index contributed by atoms with van der Waals surface area (Å²) in [6.07, 6.45) is 5.12. The maximum Gasteiger partial charge on any atom is 0.111 e. The van der Waals surface area contributed by atoms with Crippen molar-refractivity contribution in [2.45, 2.75) is 41.0 Å². The molecular formula is C12H22O. The Morgan fingerprint density at radius 3 is 1.92 bits per heavy atom. The van der Waals surface area contributed by atoms with Crippen molar-refractivity contribution in [3.05, 3.63) is 35.6 Å². The van der Waals surface area contributed by atoms with Crippen LogP contribution in [0.5, 0.6) is 0 Å². The molecule has 0 aliphatic heterocycles. The fraction of sp³-hybridized carbons (Fsp3) is 0.500. The van der Waals surface area contributed by atoms with Crippen molar-refractivity contribution >= 4 is 0 Å². The van der Waals surface area contributed by atoms with Gasteiger partial charge in [-0.15, -0.1) is 0 Å². The maximum atomic E-state index is 8.88. The standard InChI is InChI=1S/C9H14O.C3H8/c1-5-7(2)6-8(3)9(4)10;1-3-2/h5-6,10H,4H2,1-3H3;3H2,1-2H3/b7-5-,8-6-;. The molecule has 1 heteroatoms. The molecule has 0 saturated carbocycles. The Kier molecular flexibility index (Phi) is 10.2. The van der Waals surface area contributed by atoms with Gasteiger partial charge < -0.3 is 5.11 Å². The van der Waals surface area contributed by atoms with Gasteiger partial charge in [-0.2, -0.15) is 0 Å². The Morgan fingerprint density at radius 1 is 1.31 bits per heavy atom. The highest BCUT2D eigenvalue weighted by atomic mass is 16.3. The van der Waals surface area contributed by atoms with E-state index in [4.69, 9.17) is 5.11 Å². The molecule has 0 bridgehead atoms. The van der Waals surface area contributed by atoms with E-state index in [1.807, 2.05) is 32.9 Å². The zero-order valence-electron chi connectivity index (χ0n) is 9.52. The molecule has 0 aliphatic carbocycles. The summed E-state index contributed by atoms with van der Waals surface area (Å²) in [4.78, 5) is 0. The first kappa shape index (κ1) is 14.5. The van der Waals surface area contributed by atoms with Gasteiger partial charge >= 0.3 is 0 Å². The minimum absolute atomic E-state index is 0.140. The number of aliphatic hydroxyl groups is 1. The molecule has 1 nitrogen and oxygen atoms in total. The van der Waals surface area contributed by atoms with Gasteiger partial charge in [0.2, 0.25) is 0 Å². The highest BCUT2D eigenvalue weighted by Crippen LogP contribution is 2.06. The highest BCUT2D eigenvalue weighted by molar-refractivity contribution is 5.28. The summed E-state index contributed by atoms with van der Waals surface area (Å²) in [6, 6.07) is 0. The summed E-state index contributed by atoms with van der Waals surface area (Å²) < 4.78 is 0. The number of hydrogen-bond donors (Lipinski definition) is 1. The average molecular weight is 182 g/mol. The van der Waals surface area contributed by atoms with E-state index in [0.29, 0.717) is 0 Å². The van der Waals surface area contributed by atoms with Gasteiger partial charge in [0.05, 0.1) is 0 Å². The molecule has 0 unspecified atom stereocenters. The van der Waals surface area contributed by atoms with Crippen LogP contribution in [0.15, 0.2) is 35.6 Å². The van der Waals surface area contributed by atoms with E-state index in [-0.39, 0.29) is 5.76 Å². The average Bonchev–Trinajstić information content (AvgIpc) is 2.05. The Balaban J connectivity index is 0. The van der Waals surface area contributed by atoms with E-state index in [2.05, 4.69) is 20.4 Å². The SMILES string of the molecule is C=C(O)/C(C)=C\C(C)=C/C.CCC. The summed E-state index contributed by atoms with van der Waals surface area (Å²) in [5.74, 6) is 0.140. The predicted molar refractivity (Wildman–Crippen MR) is 60.9 cm³/mol. The molecule has 0 aliphatic rings. The van der Waals surface area contributed by atoms with E-state index in [1.165, 1.54) is 6.42 Å². The smallest absolute Gasteiger partial charge is 0.111 e.